The first-order chi connectivity index (χ1) is 13.9. The number of carbonyl (C=O) groups excluding carboxylic acids is 1. The highest BCUT2D eigenvalue weighted by Crippen LogP contribution is 2.28. The molecule has 0 saturated carbocycles. The van der Waals surface area contributed by atoms with E-state index in [0.29, 0.717) is 31.1 Å². The van der Waals surface area contributed by atoms with Crippen molar-refractivity contribution in [3.8, 4) is 5.75 Å². The number of carbonyl (C=O) groups is 1. The maximum absolute atomic E-state index is 13.1. The van der Waals surface area contributed by atoms with Crippen molar-refractivity contribution in [1.29, 1.82) is 0 Å². The van der Waals surface area contributed by atoms with Crippen LogP contribution >= 0.6 is 11.6 Å². The number of halogens is 1. The summed E-state index contributed by atoms with van der Waals surface area (Å²) >= 11 is 6.22. The quantitative estimate of drug-likeness (QED) is 0.720. The van der Waals surface area contributed by atoms with Gasteiger partial charge in [0.2, 0.25) is 10.0 Å². The highest BCUT2D eigenvalue weighted by molar-refractivity contribution is 7.89. The number of benzene rings is 2. The Morgan fingerprint density at radius 2 is 1.79 bits per heavy atom. The molecule has 3 rings (SSSR count). The summed E-state index contributed by atoms with van der Waals surface area (Å²) < 4.78 is 33.1. The fraction of sp³-hybridized carbons (Fsp3) is 0.381. The number of para-hydroxylation sites is 2. The van der Waals surface area contributed by atoms with E-state index in [1.165, 1.54) is 22.5 Å². The number of nitrogens with one attached hydrogen (secondary N) is 1. The van der Waals surface area contributed by atoms with Crippen LogP contribution in [0.4, 0.5) is 5.69 Å². The van der Waals surface area contributed by atoms with E-state index in [1.54, 1.807) is 18.2 Å². The first-order valence-electron chi connectivity index (χ1n) is 9.76. The lowest BCUT2D eigenvalue weighted by Crippen LogP contribution is -2.32. The highest BCUT2D eigenvalue weighted by Gasteiger charge is 2.26. The van der Waals surface area contributed by atoms with Crippen LogP contribution in [-0.4, -0.2) is 38.3 Å². The number of sulfonamides is 1. The van der Waals surface area contributed by atoms with Crippen molar-refractivity contribution in [3.63, 3.8) is 0 Å². The average Bonchev–Trinajstić information content (AvgIpc) is 3.00. The number of hydrogen-bond acceptors (Lipinski definition) is 4. The van der Waals surface area contributed by atoms with E-state index in [4.69, 9.17) is 16.3 Å². The molecule has 0 aliphatic carbocycles. The van der Waals surface area contributed by atoms with Crippen molar-refractivity contribution in [3.05, 3.63) is 53.1 Å². The molecule has 0 spiro atoms. The molecule has 2 aromatic rings. The van der Waals surface area contributed by atoms with Crippen LogP contribution in [0.15, 0.2) is 47.4 Å². The first kappa shape index (κ1) is 21.6. The molecule has 0 bridgehead atoms. The zero-order valence-electron chi connectivity index (χ0n) is 16.4. The standard InChI is InChI=1S/C21H25ClN2O4S/c1-2-28-20-10-6-5-9-19(20)23-21(25)17-15-16(11-12-18(17)22)29(26,27)24-13-7-3-4-8-14-24/h5-6,9-12,15H,2-4,7-8,13-14H2,1H3,(H,23,25). The summed E-state index contributed by atoms with van der Waals surface area (Å²) in [5.74, 6) is 0.0443. The largest absolute Gasteiger partial charge is 0.492 e. The van der Waals surface area contributed by atoms with Gasteiger partial charge in [0, 0.05) is 13.1 Å². The van der Waals surface area contributed by atoms with Crippen molar-refractivity contribution >= 4 is 33.2 Å². The van der Waals surface area contributed by atoms with Gasteiger partial charge < -0.3 is 10.1 Å². The Morgan fingerprint density at radius 1 is 1.10 bits per heavy atom. The summed E-state index contributed by atoms with van der Waals surface area (Å²) in [6, 6.07) is 11.3. The van der Waals surface area contributed by atoms with Crippen LogP contribution in [0.25, 0.3) is 0 Å². The summed E-state index contributed by atoms with van der Waals surface area (Å²) in [7, 11) is -3.68. The van der Waals surface area contributed by atoms with Crippen LogP contribution in [0.2, 0.25) is 5.02 Å². The molecule has 1 aliphatic heterocycles. The molecule has 1 amide bonds. The third-order valence-corrected chi connectivity index (χ3v) is 7.04. The van der Waals surface area contributed by atoms with Gasteiger partial charge in [0.15, 0.2) is 0 Å². The maximum atomic E-state index is 13.1. The van der Waals surface area contributed by atoms with E-state index in [9.17, 15) is 13.2 Å². The van der Waals surface area contributed by atoms with Crippen LogP contribution in [0.5, 0.6) is 5.75 Å². The molecular weight excluding hydrogens is 412 g/mol. The lowest BCUT2D eigenvalue weighted by atomic mass is 10.2. The molecule has 0 atom stereocenters. The number of anilines is 1. The van der Waals surface area contributed by atoms with Gasteiger partial charge in [-0.3, -0.25) is 4.79 Å². The van der Waals surface area contributed by atoms with E-state index >= 15 is 0 Å². The van der Waals surface area contributed by atoms with E-state index < -0.39 is 15.9 Å². The van der Waals surface area contributed by atoms with Crippen LogP contribution in [0.1, 0.15) is 43.0 Å². The molecule has 156 valence electrons. The lowest BCUT2D eigenvalue weighted by molar-refractivity contribution is 0.102. The second-order valence-corrected chi connectivity index (χ2v) is 9.19. The van der Waals surface area contributed by atoms with Crippen molar-refractivity contribution in [2.45, 2.75) is 37.5 Å². The highest BCUT2D eigenvalue weighted by atomic mass is 35.5. The number of rotatable bonds is 6. The maximum Gasteiger partial charge on any atom is 0.257 e. The summed E-state index contributed by atoms with van der Waals surface area (Å²) in [6.45, 7) is 3.30. The molecule has 1 N–H and O–H groups in total. The van der Waals surface area contributed by atoms with Gasteiger partial charge in [-0.2, -0.15) is 4.31 Å². The number of amides is 1. The van der Waals surface area contributed by atoms with E-state index in [-0.39, 0.29) is 15.5 Å². The topological polar surface area (TPSA) is 75.7 Å². The van der Waals surface area contributed by atoms with Crippen LogP contribution in [-0.2, 0) is 10.0 Å². The minimum atomic E-state index is -3.68. The van der Waals surface area contributed by atoms with Crippen molar-refractivity contribution in [2.24, 2.45) is 0 Å². The SMILES string of the molecule is CCOc1ccccc1NC(=O)c1cc(S(=O)(=O)N2CCCCCC2)ccc1Cl. The Balaban J connectivity index is 1.88. The van der Waals surface area contributed by atoms with Gasteiger partial charge >= 0.3 is 0 Å². The third-order valence-electron chi connectivity index (χ3n) is 4.82. The van der Waals surface area contributed by atoms with Gasteiger partial charge in [-0.25, -0.2) is 8.42 Å². The van der Waals surface area contributed by atoms with Crippen molar-refractivity contribution in [2.75, 3.05) is 25.0 Å². The van der Waals surface area contributed by atoms with E-state index in [2.05, 4.69) is 5.32 Å². The molecule has 0 aromatic heterocycles. The van der Waals surface area contributed by atoms with Gasteiger partial charge in [0.25, 0.3) is 5.91 Å². The van der Waals surface area contributed by atoms with E-state index in [0.717, 1.165) is 25.7 Å². The van der Waals surface area contributed by atoms with Crippen LogP contribution in [0.3, 0.4) is 0 Å². The molecule has 1 saturated heterocycles. The Labute approximate surface area is 176 Å². The summed E-state index contributed by atoms with van der Waals surface area (Å²) in [5.41, 5.74) is 0.602. The molecule has 0 unspecified atom stereocenters. The predicted octanol–water partition coefficient (Wildman–Crippen LogP) is 4.56. The Kier molecular flexibility index (Phi) is 7.16. The second-order valence-electron chi connectivity index (χ2n) is 6.84. The molecule has 0 radical (unpaired) electrons. The zero-order chi connectivity index (χ0) is 20.9. The molecule has 2 aromatic carbocycles. The number of ether oxygens (including phenoxy) is 1. The Hall–Kier alpha value is -2.09. The lowest BCUT2D eigenvalue weighted by Gasteiger charge is -2.20. The van der Waals surface area contributed by atoms with Gasteiger partial charge in [-0.15, -0.1) is 0 Å². The van der Waals surface area contributed by atoms with Crippen molar-refractivity contribution < 1.29 is 17.9 Å². The predicted molar refractivity (Wildman–Crippen MR) is 114 cm³/mol. The van der Waals surface area contributed by atoms with Gasteiger partial charge in [-0.05, 0) is 50.1 Å². The van der Waals surface area contributed by atoms with Crippen LogP contribution < -0.4 is 10.1 Å². The molecule has 1 fully saturated rings. The second kappa shape index (κ2) is 9.61. The molecule has 29 heavy (non-hydrogen) atoms. The monoisotopic (exact) mass is 436 g/mol. The third kappa shape index (κ3) is 5.10. The first-order valence-corrected chi connectivity index (χ1v) is 11.6. The molecule has 1 heterocycles. The minimum absolute atomic E-state index is 0.0760. The Bertz CT molecular complexity index is 970. The normalized spacial score (nSPS) is 15.5. The fourth-order valence-corrected chi connectivity index (χ4v) is 5.06. The number of hydrogen-bond donors (Lipinski definition) is 1. The molecule has 8 heteroatoms. The van der Waals surface area contributed by atoms with Crippen LogP contribution in [0, 0.1) is 0 Å². The van der Waals surface area contributed by atoms with Gasteiger partial charge in [0.05, 0.1) is 27.8 Å². The molecular formula is C21H25ClN2O4S. The zero-order valence-corrected chi connectivity index (χ0v) is 17.9. The molecule has 1 aliphatic rings. The van der Waals surface area contributed by atoms with Gasteiger partial charge in [0.1, 0.15) is 5.75 Å². The average molecular weight is 437 g/mol. The molecule has 6 nitrogen and oxygen atoms in total. The minimum Gasteiger partial charge on any atom is -0.492 e. The summed E-state index contributed by atoms with van der Waals surface area (Å²) in [4.78, 5) is 12.9. The summed E-state index contributed by atoms with van der Waals surface area (Å²) in [5, 5.41) is 2.95. The van der Waals surface area contributed by atoms with Gasteiger partial charge in [-0.1, -0.05) is 36.6 Å². The van der Waals surface area contributed by atoms with E-state index in [1.807, 2.05) is 13.0 Å². The fourth-order valence-electron chi connectivity index (χ4n) is 3.31. The number of nitrogens with zero attached hydrogens (tertiary/aromatic N) is 1. The van der Waals surface area contributed by atoms with Crippen molar-refractivity contribution in [1.82, 2.24) is 4.31 Å². The summed E-state index contributed by atoms with van der Waals surface area (Å²) in [6.07, 6.45) is 3.74. The smallest absolute Gasteiger partial charge is 0.257 e. The Morgan fingerprint density at radius 3 is 2.48 bits per heavy atom.